The van der Waals surface area contributed by atoms with Gasteiger partial charge in [-0.05, 0) is 44.9 Å². The zero-order valence-electron chi connectivity index (χ0n) is 16.3. The first-order valence-corrected chi connectivity index (χ1v) is 11.0. The lowest BCUT2D eigenvalue weighted by Gasteiger charge is -2.17. The first-order chi connectivity index (χ1) is 12.6. The van der Waals surface area contributed by atoms with E-state index in [1.807, 2.05) is 13.8 Å². The van der Waals surface area contributed by atoms with Gasteiger partial charge in [-0.25, -0.2) is 12.8 Å². The van der Waals surface area contributed by atoms with Crippen LogP contribution >= 0.6 is 0 Å². The van der Waals surface area contributed by atoms with E-state index in [1.54, 1.807) is 19.1 Å². The standard InChI is InChI=1S/C18H29FN4O3S/c1-5-20-18(23-14(3)8-11-27(4,25)26)22-10-9-21-17(24)15-7-6-13(2)16(19)12-15/h6-7,12,14H,5,8-11H2,1-4H3,(H,21,24)(H2,20,22,23). The number of nitrogens with one attached hydrogen (secondary N) is 3. The molecule has 0 fully saturated rings. The number of rotatable bonds is 9. The summed E-state index contributed by atoms with van der Waals surface area (Å²) in [6, 6.07) is 4.28. The molecule has 1 unspecified atom stereocenters. The fraction of sp³-hybridized carbons (Fsp3) is 0.556. The van der Waals surface area contributed by atoms with Gasteiger partial charge in [-0.2, -0.15) is 0 Å². The van der Waals surface area contributed by atoms with Crippen molar-refractivity contribution < 1.29 is 17.6 Å². The van der Waals surface area contributed by atoms with Crippen LogP contribution in [0.25, 0.3) is 0 Å². The minimum atomic E-state index is -3.00. The molecule has 152 valence electrons. The molecular weight excluding hydrogens is 371 g/mol. The van der Waals surface area contributed by atoms with Crippen LogP contribution < -0.4 is 16.0 Å². The number of nitrogens with zero attached hydrogens (tertiary/aromatic N) is 1. The number of halogens is 1. The summed E-state index contributed by atoms with van der Waals surface area (Å²) in [5, 5.41) is 8.90. The topological polar surface area (TPSA) is 99.7 Å². The van der Waals surface area contributed by atoms with E-state index >= 15 is 0 Å². The molecule has 1 atom stereocenters. The minimum Gasteiger partial charge on any atom is -0.357 e. The van der Waals surface area contributed by atoms with Crippen LogP contribution in [-0.2, 0) is 9.84 Å². The van der Waals surface area contributed by atoms with Gasteiger partial charge in [-0.1, -0.05) is 6.07 Å². The Kier molecular flexibility index (Phi) is 9.20. The smallest absolute Gasteiger partial charge is 0.251 e. The fourth-order valence-corrected chi connectivity index (χ4v) is 2.97. The number of hydrogen-bond acceptors (Lipinski definition) is 4. The van der Waals surface area contributed by atoms with Crippen molar-refractivity contribution in [3.8, 4) is 0 Å². The number of guanidine groups is 1. The van der Waals surface area contributed by atoms with Crippen molar-refractivity contribution in [3.05, 3.63) is 35.1 Å². The molecule has 0 bridgehead atoms. The van der Waals surface area contributed by atoms with E-state index in [0.29, 0.717) is 37.6 Å². The maximum atomic E-state index is 13.5. The second-order valence-electron chi connectivity index (χ2n) is 6.44. The number of aryl methyl sites for hydroxylation is 1. The maximum Gasteiger partial charge on any atom is 0.251 e. The number of benzene rings is 1. The number of amides is 1. The third-order valence-electron chi connectivity index (χ3n) is 3.75. The monoisotopic (exact) mass is 400 g/mol. The Hall–Kier alpha value is -2.16. The molecule has 1 aromatic carbocycles. The minimum absolute atomic E-state index is 0.0670. The summed E-state index contributed by atoms with van der Waals surface area (Å²) in [4.78, 5) is 16.4. The average molecular weight is 401 g/mol. The summed E-state index contributed by atoms with van der Waals surface area (Å²) in [5.74, 6) is -0.121. The number of carbonyl (C=O) groups is 1. The number of sulfone groups is 1. The third kappa shape index (κ3) is 9.37. The van der Waals surface area contributed by atoms with Gasteiger partial charge in [0.1, 0.15) is 15.7 Å². The highest BCUT2D eigenvalue weighted by molar-refractivity contribution is 7.90. The van der Waals surface area contributed by atoms with E-state index in [2.05, 4.69) is 20.9 Å². The Bertz CT molecular complexity index is 766. The third-order valence-corrected chi connectivity index (χ3v) is 4.73. The first-order valence-electron chi connectivity index (χ1n) is 8.89. The van der Waals surface area contributed by atoms with Crippen LogP contribution in [0, 0.1) is 12.7 Å². The molecule has 3 N–H and O–H groups in total. The largest absolute Gasteiger partial charge is 0.357 e. The molecule has 7 nitrogen and oxygen atoms in total. The molecule has 1 rings (SSSR count). The summed E-state index contributed by atoms with van der Waals surface area (Å²) < 4.78 is 36.0. The van der Waals surface area contributed by atoms with Crippen molar-refractivity contribution in [1.82, 2.24) is 16.0 Å². The Labute approximate surface area is 160 Å². The Morgan fingerprint density at radius 2 is 2.00 bits per heavy atom. The normalized spacial score (nSPS) is 13.1. The van der Waals surface area contributed by atoms with Crippen molar-refractivity contribution in [1.29, 1.82) is 0 Å². The second-order valence-corrected chi connectivity index (χ2v) is 8.70. The van der Waals surface area contributed by atoms with Gasteiger partial charge in [0.15, 0.2) is 5.96 Å². The van der Waals surface area contributed by atoms with Gasteiger partial charge < -0.3 is 16.0 Å². The van der Waals surface area contributed by atoms with Gasteiger partial charge in [0.05, 0.1) is 12.3 Å². The van der Waals surface area contributed by atoms with Crippen molar-refractivity contribution in [3.63, 3.8) is 0 Å². The fourth-order valence-electron chi connectivity index (χ4n) is 2.19. The second kappa shape index (κ2) is 10.9. The highest BCUT2D eigenvalue weighted by Crippen LogP contribution is 2.08. The summed E-state index contributed by atoms with van der Waals surface area (Å²) in [5.41, 5.74) is 0.754. The van der Waals surface area contributed by atoms with E-state index in [0.717, 1.165) is 0 Å². The van der Waals surface area contributed by atoms with Crippen LogP contribution in [0.2, 0.25) is 0 Å². The quantitative estimate of drug-likeness (QED) is 0.329. The van der Waals surface area contributed by atoms with Gasteiger partial charge in [-0.15, -0.1) is 0 Å². The number of carbonyl (C=O) groups excluding carboxylic acids is 1. The highest BCUT2D eigenvalue weighted by atomic mass is 32.2. The molecule has 9 heteroatoms. The van der Waals surface area contributed by atoms with Crippen LogP contribution in [0.1, 0.15) is 36.2 Å². The molecule has 0 aromatic heterocycles. The molecule has 27 heavy (non-hydrogen) atoms. The van der Waals surface area contributed by atoms with Crippen LogP contribution in [0.3, 0.4) is 0 Å². The molecule has 1 aromatic rings. The van der Waals surface area contributed by atoms with Gasteiger partial charge >= 0.3 is 0 Å². The molecule has 0 spiro atoms. The summed E-state index contributed by atoms with van der Waals surface area (Å²) in [6.45, 7) is 6.71. The van der Waals surface area contributed by atoms with E-state index in [-0.39, 0.29) is 23.3 Å². The molecule has 0 heterocycles. The molecular formula is C18H29FN4O3S. The van der Waals surface area contributed by atoms with Gasteiger partial charge in [-0.3, -0.25) is 9.79 Å². The van der Waals surface area contributed by atoms with E-state index in [1.165, 1.54) is 12.3 Å². The van der Waals surface area contributed by atoms with Crippen LogP contribution in [0.5, 0.6) is 0 Å². The summed E-state index contributed by atoms with van der Waals surface area (Å²) in [7, 11) is -3.00. The predicted octanol–water partition coefficient (Wildman–Crippen LogP) is 1.24. The van der Waals surface area contributed by atoms with Gasteiger partial charge in [0, 0.05) is 31.0 Å². The SMILES string of the molecule is CCNC(=NCCNC(=O)c1ccc(C)c(F)c1)NC(C)CCS(C)(=O)=O. The lowest BCUT2D eigenvalue weighted by molar-refractivity contribution is 0.0954. The Morgan fingerprint density at radius 3 is 2.59 bits per heavy atom. The Balaban J connectivity index is 2.50. The van der Waals surface area contributed by atoms with Crippen molar-refractivity contribution in [2.24, 2.45) is 4.99 Å². The summed E-state index contributed by atoms with van der Waals surface area (Å²) in [6.07, 6.45) is 1.68. The lowest BCUT2D eigenvalue weighted by Crippen LogP contribution is -2.43. The molecule has 0 aliphatic rings. The summed E-state index contributed by atoms with van der Waals surface area (Å²) >= 11 is 0. The van der Waals surface area contributed by atoms with Crippen molar-refractivity contribution >= 4 is 21.7 Å². The van der Waals surface area contributed by atoms with Crippen LogP contribution in [-0.4, -0.2) is 58.0 Å². The predicted molar refractivity (Wildman–Crippen MR) is 106 cm³/mol. The maximum absolute atomic E-state index is 13.5. The van der Waals surface area contributed by atoms with Crippen LogP contribution in [0.4, 0.5) is 4.39 Å². The van der Waals surface area contributed by atoms with Crippen molar-refractivity contribution in [2.75, 3.05) is 31.6 Å². The zero-order valence-corrected chi connectivity index (χ0v) is 17.1. The highest BCUT2D eigenvalue weighted by Gasteiger charge is 2.10. The number of hydrogen-bond donors (Lipinski definition) is 3. The molecule has 1 amide bonds. The van der Waals surface area contributed by atoms with Crippen LogP contribution in [0.15, 0.2) is 23.2 Å². The Morgan fingerprint density at radius 1 is 1.30 bits per heavy atom. The van der Waals surface area contributed by atoms with E-state index < -0.39 is 15.7 Å². The molecule has 0 saturated carbocycles. The van der Waals surface area contributed by atoms with E-state index in [9.17, 15) is 17.6 Å². The number of aliphatic imine (C=N–C) groups is 1. The molecule has 0 aliphatic carbocycles. The van der Waals surface area contributed by atoms with Gasteiger partial charge in [0.2, 0.25) is 0 Å². The molecule has 0 radical (unpaired) electrons. The zero-order chi connectivity index (χ0) is 20.4. The van der Waals surface area contributed by atoms with Gasteiger partial charge in [0.25, 0.3) is 5.91 Å². The molecule has 0 saturated heterocycles. The lowest BCUT2D eigenvalue weighted by atomic mass is 10.1. The average Bonchev–Trinajstić information content (AvgIpc) is 2.58. The van der Waals surface area contributed by atoms with Crippen molar-refractivity contribution in [2.45, 2.75) is 33.2 Å². The first kappa shape index (κ1) is 22.9. The molecule has 0 aliphatic heterocycles. The van der Waals surface area contributed by atoms with E-state index in [4.69, 9.17) is 0 Å².